The maximum atomic E-state index is 11.8. The Kier molecular flexibility index (Phi) is 6.97. The van der Waals surface area contributed by atoms with E-state index in [0.29, 0.717) is 6.61 Å². The maximum absolute atomic E-state index is 11.8. The zero-order valence-corrected chi connectivity index (χ0v) is 22.4. The van der Waals surface area contributed by atoms with Gasteiger partial charge in [-0.3, -0.25) is 9.78 Å². The van der Waals surface area contributed by atoms with Crippen LogP contribution in [0, 0.1) is 6.92 Å². The van der Waals surface area contributed by atoms with Gasteiger partial charge in [0.2, 0.25) is 0 Å². The van der Waals surface area contributed by atoms with Crippen LogP contribution in [0.2, 0.25) is 0 Å². The summed E-state index contributed by atoms with van der Waals surface area (Å²) in [6.45, 7) is 7.80. The molecule has 0 radical (unpaired) electrons. The number of ether oxygens (including phenoxy) is 1. The Morgan fingerprint density at radius 3 is 2.54 bits per heavy atom. The van der Waals surface area contributed by atoms with Crippen LogP contribution in [0.4, 0.5) is 0 Å². The van der Waals surface area contributed by atoms with Gasteiger partial charge in [0.25, 0.3) is 0 Å². The third-order valence-corrected chi connectivity index (χ3v) is 6.35. The smallest absolute Gasteiger partial charge is 0.307 e. The van der Waals surface area contributed by atoms with Gasteiger partial charge in [-0.25, -0.2) is 15.0 Å². The number of hydrogen-bond acceptors (Lipinski definition) is 7. The standard InChI is InChI=1S/C27H20N4O3.C4H10O/c1-15-10-22-18(2-4-21(31-22)17-12-28-14-29-13-17)26(20(15)11-24(32)33)19-3-5-23-25-16(7-9-34-23)6-8-30-27(19)25;1-4(2,3)5/h2-6,8,10,12-14H,7,9,11H2,1H3,(H,32,33);5H,1-3H3. The lowest BCUT2D eigenvalue weighted by atomic mass is 9.87. The van der Waals surface area contributed by atoms with E-state index in [-0.39, 0.29) is 6.42 Å². The Morgan fingerprint density at radius 1 is 1.08 bits per heavy atom. The molecule has 198 valence electrons. The largest absolute Gasteiger partial charge is 0.493 e. The fraction of sp³-hybridized carbons (Fsp3) is 0.258. The van der Waals surface area contributed by atoms with E-state index in [1.807, 2.05) is 49.5 Å². The summed E-state index contributed by atoms with van der Waals surface area (Å²) in [5.41, 5.74) is 7.22. The molecule has 0 saturated heterocycles. The third-order valence-electron chi connectivity index (χ3n) is 6.35. The van der Waals surface area contributed by atoms with E-state index in [2.05, 4.69) is 9.97 Å². The molecule has 0 aliphatic carbocycles. The Morgan fingerprint density at radius 2 is 1.82 bits per heavy atom. The van der Waals surface area contributed by atoms with Crippen LogP contribution in [0.15, 0.2) is 61.3 Å². The molecule has 2 aromatic carbocycles. The molecule has 0 atom stereocenters. The molecule has 8 nitrogen and oxygen atoms in total. The Labute approximate surface area is 226 Å². The topological polar surface area (TPSA) is 118 Å². The average molecular weight is 523 g/mol. The number of rotatable bonds is 4. The normalized spacial score (nSPS) is 12.5. The van der Waals surface area contributed by atoms with E-state index in [9.17, 15) is 9.90 Å². The number of pyridine rings is 2. The second-order valence-electron chi connectivity index (χ2n) is 10.6. The quantitative estimate of drug-likeness (QED) is 0.315. The number of aliphatic carboxylic acids is 1. The zero-order valence-electron chi connectivity index (χ0n) is 22.4. The highest BCUT2D eigenvalue weighted by Crippen LogP contribution is 2.42. The van der Waals surface area contributed by atoms with E-state index >= 15 is 0 Å². The molecule has 8 heteroatoms. The van der Waals surface area contributed by atoms with Crippen LogP contribution in [-0.4, -0.2) is 48.3 Å². The van der Waals surface area contributed by atoms with E-state index in [4.69, 9.17) is 19.8 Å². The summed E-state index contributed by atoms with van der Waals surface area (Å²) in [6.07, 6.45) is 7.48. The van der Waals surface area contributed by atoms with Gasteiger partial charge in [-0.2, -0.15) is 0 Å². The number of aryl methyl sites for hydroxylation is 1. The van der Waals surface area contributed by atoms with Gasteiger partial charge in [0.1, 0.15) is 12.1 Å². The first-order chi connectivity index (χ1) is 18.6. The van der Waals surface area contributed by atoms with Crippen LogP contribution in [0.3, 0.4) is 0 Å². The van der Waals surface area contributed by atoms with Gasteiger partial charge in [-0.05, 0) is 80.3 Å². The predicted molar refractivity (Wildman–Crippen MR) is 151 cm³/mol. The van der Waals surface area contributed by atoms with Gasteiger partial charge in [0.15, 0.2) is 0 Å². The monoisotopic (exact) mass is 522 g/mol. The van der Waals surface area contributed by atoms with Gasteiger partial charge in [0.05, 0.1) is 35.4 Å². The van der Waals surface area contributed by atoms with Crippen LogP contribution >= 0.6 is 0 Å². The summed E-state index contributed by atoms with van der Waals surface area (Å²) in [4.78, 5) is 29.6. The highest BCUT2D eigenvalue weighted by Gasteiger charge is 2.22. The second-order valence-corrected chi connectivity index (χ2v) is 10.6. The van der Waals surface area contributed by atoms with Gasteiger partial charge >= 0.3 is 5.97 Å². The van der Waals surface area contributed by atoms with Crippen molar-refractivity contribution < 1.29 is 19.7 Å². The highest BCUT2D eigenvalue weighted by molar-refractivity contribution is 6.08. The molecule has 1 aliphatic heterocycles. The molecule has 0 spiro atoms. The van der Waals surface area contributed by atoms with Gasteiger partial charge in [0, 0.05) is 46.9 Å². The number of aliphatic hydroxyl groups is 1. The van der Waals surface area contributed by atoms with E-state index in [1.54, 1.807) is 33.2 Å². The number of carboxylic acid groups (broad SMARTS) is 1. The molecule has 2 N–H and O–H groups in total. The molecule has 5 aromatic rings. The van der Waals surface area contributed by atoms with Crippen molar-refractivity contribution in [3.8, 4) is 28.1 Å². The van der Waals surface area contributed by atoms with Crippen molar-refractivity contribution in [2.75, 3.05) is 6.61 Å². The SMILES string of the molecule is CC(C)(C)O.Cc1cc2nc(-c3cncnc3)ccc2c(-c2ccc3c4c(ccnc24)CCO3)c1CC(=O)O. The molecular formula is C31H30N4O4. The van der Waals surface area contributed by atoms with Crippen LogP contribution in [0.5, 0.6) is 5.75 Å². The Bertz CT molecular complexity index is 1680. The van der Waals surface area contributed by atoms with Crippen LogP contribution in [-0.2, 0) is 17.6 Å². The van der Waals surface area contributed by atoms with Crippen LogP contribution < -0.4 is 4.74 Å². The minimum absolute atomic E-state index is 0.0924. The van der Waals surface area contributed by atoms with Crippen molar-refractivity contribution in [2.45, 2.75) is 46.1 Å². The molecular weight excluding hydrogens is 492 g/mol. The first-order valence-electron chi connectivity index (χ1n) is 12.8. The highest BCUT2D eigenvalue weighted by atomic mass is 16.5. The molecule has 0 bridgehead atoms. The maximum Gasteiger partial charge on any atom is 0.307 e. The van der Waals surface area contributed by atoms with Gasteiger partial charge in [-0.15, -0.1) is 0 Å². The summed E-state index contributed by atoms with van der Waals surface area (Å²) in [6, 6.07) is 11.8. The van der Waals surface area contributed by atoms with Crippen molar-refractivity contribution in [2.24, 2.45) is 0 Å². The number of carbonyl (C=O) groups is 1. The molecule has 3 aromatic heterocycles. The first kappa shape index (κ1) is 26.2. The van der Waals surface area contributed by atoms with E-state index in [0.717, 1.165) is 67.5 Å². The molecule has 4 heterocycles. The number of hydrogen-bond donors (Lipinski definition) is 2. The average Bonchev–Trinajstić information content (AvgIpc) is 2.89. The van der Waals surface area contributed by atoms with Crippen molar-refractivity contribution in [1.29, 1.82) is 0 Å². The summed E-state index contributed by atoms with van der Waals surface area (Å²) in [5, 5.41) is 20.1. The lowest BCUT2D eigenvalue weighted by Crippen LogP contribution is -2.10. The van der Waals surface area contributed by atoms with Gasteiger partial charge in [-0.1, -0.05) is 6.07 Å². The number of nitrogens with zero attached hydrogens (tertiary/aromatic N) is 4. The summed E-state index contributed by atoms with van der Waals surface area (Å²) in [7, 11) is 0. The van der Waals surface area contributed by atoms with E-state index < -0.39 is 11.6 Å². The first-order valence-corrected chi connectivity index (χ1v) is 12.8. The fourth-order valence-electron chi connectivity index (χ4n) is 4.83. The van der Waals surface area contributed by atoms with Gasteiger partial charge < -0.3 is 14.9 Å². The zero-order chi connectivity index (χ0) is 27.7. The second kappa shape index (κ2) is 10.4. The number of benzene rings is 2. The van der Waals surface area contributed by atoms with Crippen molar-refractivity contribution in [3.05, 3.63) is 78.0 Å². The fourth-order valence-corrected chi connectivity index (χ4v) is 4.83. The van der Waals surface area contributed by atoms with Crippen LogP contribution in [0.25, 0.3) is 44.2 Å². The minimum Gasteiger partial charge on any atom is -0.493 e. The number of fused-ring (bicyclic) bond motifs is 1. The summed E-state index contributed by atoms with van der Waals surface area (Å²) >= 11 is 0. The van der Waals surface area contributed by atoms with E-state index in [1.165, 1.54) is 11.9 Å². The number of aromatic nitrogens is 4. The molecule has 0 saturated carbocycles. The molecule has 39 heavy (non-hydrogen) atoms. The van der Waals surface area contributed by atoms with Crippen molar-refractivity contribution in [1.82, 2.24) is 19.9 Å². The predicted octanol–water partition coefficient (Wildman–Crippen LogP) is 5.55. The number of carboxylic acids is 1. The van der Waals surface area contributed by atoms with Crippen molar-refractivity contribution in [3.63, 3.8) is 0 Å². The lowest BCUT2D eigenvalue weighted by molar-refractivity contribution is -0.136. The molecule has 6 rings (SSSR count). The molecule has 0 unspecified atom stereocenters. The summed E-state index contributed by atoms with van der Waals surface area (Å²) < 4.78 is 5.90. The summed E-state index contributed by atoms with van der Waals surface area (Å²) in [5.74, 6) is -0.0666. The third kappa shape index (κ3) is 5.56. The minimum atomic E-state index is -0.881. The Balaban J connectivity index is 0.000000567. The van der Waals surface area contributed by atoms with Crippen LogP contribution in [0.1, 0.15) is 37.5 Å². The lowest BCUT2D eigenvalue weighted by Gasteiger charge is -2.21. The van der Waals surface area contributed by atoms with Crippen molar-refractivity contribution >= 4 is 27.8 Å². The molecule has 0 fully saturated rings. The molecule has 1 aliphatic rings. The Hall–Kier alpha value is -4.43. The molecule has 0 amide bonds.